The summed E-state index contributed by atoms with van der Waals surface area (Å²) in [5.41, 5.74) is 12.3. The highest BCUT2D eigenvalue weighted by atomic mass is 19.1. The van der Waals surface area contributed by atoms with Crippen LogP contribution in [0.4, 0.5) is 37.7 Å². The van der Waals surface area contributed by atoms with Crippen molar-refractivity contribution in [3.8, 4) is 6.07 Å². The van der Waals surface area contributed by atoms with E-state index in [0.29, 0.717) is 17.5 Å². The Hall–Kier alpha value is -4.66. The Morgan fingerprint density at radius 2 is 2.03 bits per heavy atom. The predicted molar refractivity (Wildman–Crippen MR) is 125 cm³/mol. The Bertz CT molecular complexity index is 1320. The second-order valence-electron chi connectivity index (χ2n) is 7.28. The molecule has 0 unspecified atom stereocenters. The molecule has 0 aliphatic rings. The first-order valence-corrected chi connectivity index (χ1v) is 9.93. The molecule has 12 heteroatoms. The third kappa shape index (κ3) is 4.88. The molecule has 2 heterocycles. The zero-order chi connectivity index (χ0) is 25.0. The van der Waals surface area contributed by atoms with Gasteiger partial charge in [-0.15, -0.1) is 0 Å². The third-order valence-electron chi connectivity index (χ3n) is 4.99. The summed E-state index contributed by atoms with van der Waals surface area (Å²) < 4.78 is 27.9. The van der Waals surface area contributed by atoms with Crippen LogP contribution in [0.2, 0.25) is 0 Å². The molecule has 3 rings (SSSR count). The molecule has 0 fully saturated rings. The molecule has 1 atom stereocenters. The first kappa shape index (κ1) is 24.0. The minimum atomic E-state index is -0.696. The maximum absolute atomic E-state index is 14.2. The number of carbonyl (C=O) groups excluding carboxylic acids is 1. The number of benzene rings is 1. The molecule has 0 radical (unpaired) electrons. The molecule has 2 aromatic heterocycles. The lowest BCUT2D eigenvalue weighted by atomic mass is 10.1. The Kier molecular flexibility index (Phi) is 6.96. The second kappa shape index (κ2) is 9.86. The largest absolute Gasteiger partial charge is 0.382 e. The van der Waals surface area contributed by atoms with Crippen molar-refractivity contribution >= 4 is 41.1 Å². The highest BCUT2D eigenvalue weighted by Gasteiger charge is 2.23. The fourth-order valence-corrected chi connectivity index (χ4v) is 3.24. The van der Waals surface area contributed by atoms with E-state index in [1.807, 2.05) is 6.07 Å². The van der Waals surface area contributed by atoms with Gasteiger partial charge >= 0.3 is 0 Å². The Morgan fingerprint density at radius 1 is 1.29 bits per heavy atom. The van der Waals surface area contributed by atoms with Gasteiger partial charge in [0.1, 0.15) is 34.9 Å². The van der Waals surface area contributed by atoms with E-state index in [4.69, 9.17) is 11.5 Å². The number of nitrogens with two attached hydrogens (primary N) is 2. The number of pyridine rings is 1. The van der Waals surface area contributed by atoms with Gasteiger partial charge in [-0.25, -0.2) is 13.8 Å². The van der Waals surface area contributed by atoms with Gasteiger partial charge in [0.25, 0.3) is 0 Å². The topological polar surface area (TPSA) is 159 Å². The average Bonchev–Trinajstić information content (AvgIpc) is 2.79. The van der Waals surface area contributed by atoms with Gasteiger partial charge in [0.15, 0.2) is 12.1 Å². The number of aliphatic imine (C=N–C) groups is 1. The lowest BCUT2D eigenvalue weighted by Crippen LogP contribution is -2.40. The number of rotatable bonds is 6. The minimum Gasteiger partial charge on any atom is -0.382 e. The van der Waals surface area contributed by atoms with E-state index in [1.54, 1.807) is 25.8 Å². The molecular weight excluding hydrogens is 444 g/mol. The van der Waals surface area contributed by atoms with E-state index < -0.39 is 17.7 Å². The van der Waals surface area contributed by atoms with Crippen LogP contribution in [-0.2, 0) is 0 Å². The highest BCUT2D eigenvalue weighted by Crippen LogP contribution is 2.26. The number of nitrogens with zero attached hydrogens (tertiary/aromatic N) is 6. The van der Waals surface area contributed by atoms with Crippen molar-refractivity contribution < 1.29 is 13.6 Å². The number of aromatic nitrogens is 3. The van der Waals surface area contributed by atoms with Crippen molar-refractivity contribution in [1.82, 2.24) is 15.0 Å². The summed E-state index contributed by atoms with van der Waals surface area (Å²) in [6, 6.07) is 4.78. The number of nitrogens with one attached hydrogen (secondary N) is 1. The van der Waals surface area contributed by atoms with Crippen LogP contribution in [0.1, 0.15) is 28.4 Å². The van der Waals surface area contributed by atoms with Gasteiger partial charge in [-0.05, 0) is 32.0 Å². The molecule has 34 heavy (non-hydrogen) atoms. The lowest BCUT2D eigenvalue weighted by molar-refractivity contribution is 0.112. The van der Waals surface area contributed by atoms with Crippen molar-refractivity contribution in [2.75, 3.05) is 28.7 Å². The van der Waals surface area contributed by atoms with Gasteiger partial charge in [0.05, 0.1) is 29.8 Å². The summed E-state index contributed by atoms with van der Waals surface area (Å²) in [7, 11) is 1.62. The Labute approximate surface area is 194 Å². The summed E-state index contributed by atoms with van der Waals surface area (Å²) in [6.45, 7) is 3.27. The summed E-state index contributed by atoms with van der Waals surface area (Å²) in [5, 5.41) is 12.5. The predicted octanol–water partition coefficient (Wildman–Crippen LogP) is 2.97. The number of hydrogen-bond donors (Lipinski definition) is 3. The molecule has 10 nitrogen and oxygen atoms in total. The second-order valence-corrected chi connectivity index (χ2v) is 7.28. The van der Waals surface area contributed by atoms with E-state index in [9.17, 15) is 18.8 Å². The normalized spacial score (nSPS) is 12.1. The molecule has 0 aliphatic carbocycles. The molecule has 174 valence electrons. The van der Waals surface area contributed by atoms with Gasteiger partial charge in [0, 0.05) is 18.2 Å². The molecule has 0 saturated carbocycles. The van der Waals surface area contributed by atoms with E-state index >= 15 is 0 Å². The third-order valence-corrected chi connectivity index (χ3v) is 4.99. The average molecular weight is 465 g/mol. The number of anilines is 4. The maximum atomic E-state index is 14.2. The number of nitriles is 1. The van der Waals surface area contributed by atoms with Crippen LogP contribution in [0, 0.1) is 29.9 Å². The van der Waals surface area contributed by atoms with Crippen LogP contribution < -0.4 is 21.7 Å². The number of nitrogen functional groups attached to an aromatic ring is 2. The number of halogens is 2. The Morgan fingerprint density at radius 3 is 2.71 bits per heavy atom. The van der Waals surface area contributed by atoms with Crippen molar-refractivity contribution in [1.29, 1.82) is 5.26 Å². The van der Waals surface area contributed by atoms with E-state index in [2.05, 4.69) is 25.3 Å². The van der Waals surface area contributed by atoms with Crippen LogP contribution in [0.15, 0.2) is 35.6 Å². The van der Waals surface area contributed by atoms with Crippen molar-refractivity contribution in [2.24, 2.45) is 4.99 Å². The maximum Gasteiger partial charge on any atom is 0.224 e. The lowest BCUT2D eigenvalue weighted by Gasteiger charge is -2.28. The number of likely N-dealkylation sites (N-methyl/N-ethyl adjacent to an activating group) is 1. The zero-order valence-electron chi connectivity index (χ0n) is 18.5. The molecule has 3 aromatic rings. The monoisotopic (exact) mass is 465 g/mol. The number of amidine groups is 1. The molecule has 0 saturated heterocycles. The van der Waals surface area contributed by atoms with Crippen LogP contribution >= 0.6 is 0 Å². The van der Waals surface area contributed by atoms with Crippen molar-refractivity contribution in [3.05, 3.63) is 58.9 Å². The molecule has 1 aromatic carbocycles. The van der Waals surface area contributed by atoms with Gasteiger partial charge in [-0.3, -0.25) is 9.78 Å². The van der Waals surface area contributed by atoms with Crippen molar-refractivity contribution in [3.63, 3.8) is 0 Å². The molecule has 0 bridgehead atoms. The summed E-state index contributed by atoms with van der Waals surface area (Å²) in [4.78, 5) is 29.3. The fraction of sp³-hybridized carbons (Fsp3) is 0.182. The van der Waals surface area contributed by atoms with E-state index in [-0.39, 0.29) is 40.2 Å². The van der Waals surface area contributed by atoms with Crippen LogP contribution in [0.3, 0.4) is 0 Å². The molecule has 0 aliphatic heterocycles. The van der Waals surface area contributed by atoms with Gasteiger partial charge < -0.3 is 21.7 Å². The fourth-order valence-electron chi connectivity index (χ4n) is 3.24. The Balaban J connectivity index is 2.15. The standard InChI is InChI=1S/C22H21F2N9O/c1-11-16(24)8-28-9-18(11)33(3)21(30-17-5-4-14(23)6-13(17)10-34)12(2)29-20-15(7-25)19(26)31-22(27)32-20/h4-6,8-10,12H,1-3H3,(H5,26,27,29,31,32)/b30-21-/t12-/m0/s1. The highest BCUT2D eigenvalue weighted by molar-refractivity contribution is 6.05. The SMILES string of the molecule is Cc1c(F)cncc1N(C)/C(=N\c1ccc(F)cc1C=O)[C@H](C)Nc1nc(N)nc(N)c1C#N. The van der Waals surface area contributed by atoms with Crippen molar-refractivity contribution in [2.45, 2.75) is 19.9 Å². The summed E-state index contributed by atoms with van der Waals surface area (Å²) >= 11 is 0. The minimum absolute atomic E-state index is 0.0143. The van der Waals surface area contributed by atoms with Gasteiger partial charge in [-0.1, -0.05) is 0 Å². The summed E-state index contributed by atoms with van der Waals surface area (Å²) in [6.07, 6.45) is 3.01. The number of hydrogen-bond acceptors (Lipinski definition) is 9. The van der Waals surface area contributed by atoms with Gasteiger partial charge in [-0.2, -0.15) is 15.2 Å². The number of carbonyl (C=O) groups is 1. The smallest absolute Gasteiger partial charge is 0.224 e. The first-order valence-electron chi connectivity index (χ1n) is 9.93. The molecule has 0 spiro atoms. The molecular formula is C22H21F2N9O. The van der Waals surface area contributed by atoms with E-state index in [1.165, 1.54) is 12.3 Å². The van der Waals surface area contributed by atoms with Gasteiger partial charge in [0.2, 0.25) is 5.95 Å². The van der Waals surface area contributed by atoms with E-state index in [0.717, 1.165) is 18.3 Å². The summed E-state index contributed by atoms with van der Waals surface area (Å²) in [5.74, 6) is -1.05. The van der Waals surface area contributed by atoms with Crippen LogP contribution in [-0.4, -0.2) is 40.2 Å². The van der Waals surface area contributed by atoms with Crippen LogP contribution in [0.25, 0.3) is 0 Å². The first-order chi connectivity index (χ1) is 16.2. The quantitative estimate of drug-likeness (QED) is 0.282. The molecule has 5 N–H and O–H groups in total. The zero-order valence-corrected chi connectivity index (χ0v) is 18.5. The molecule has 0 amide bonds. The van der Waals surface area contributed by atoms with Crippen LogP contribution in [0.5, 0.6) is 0 Å². The number of aldehydes is 1.